The van der Waals surface area contributed by atoms with Crippen LogP contribution in [-0.2, 0) is 4.79 Å². The average Bonchev–Trinajstić information content (AvgIpc) is 2.16. The van der Waals surface area contributed by atoms with Crippen molar-refractivity contribution in [2.45, 2.75) is 44.6 Å². The quantitative estimate of drug-likeness (QED) is 0.376. The lowest BCUT2D eigenvalue weighted by atomic mass is 9.85. The molecule has 12 heavy (non-hydrogen) atoms. The van der Waals surface area contributed by atoms with Gasteiger partial charge in [0.15, 0.2) is 0 Å². The van der Waals surface area contributed by atoms with E-state index in [0.717, 1.165) is 12.7 Å². The molecule has 3 nitrogen and oxygen atoms in total. The van der Waals surface area contributed by atoms with E-state index in [4.69, 9.17) is 5.84 Å². The Morgan fingerprint density at radius 1 is 1.42 bits per heavy atom. The molecule has 0 aliphatic heterocycles. The van der Waals surface area contributed by atoms with Crippen molar-refractivity contribution < 1.29 is 4.79 Å². The van der Waals surface area contributed by atoms with Gasteiger partial charge in [-0.15, -0.1) is 0 Å². The Kier molecular flexibility index (Phi) is 4.25. The molecule has 1 aliphatic carbocycles. The van der Waals surface area contributed by atoms with Crippen LogP contribution in [0.15, 0.2) is 0 Å². The van der Waals surface area contributed by atoms with Crippen molar-refractivity contribution in [2.24, 2.45) is 11.8 Å². The van der Waals surface area contributed by atoms with Gasteiger partial charge in [0, 0.05) is 0 Å². The highest BCUT2D eigenvalue weighted by Gasteiger charge is 2.17. The summed E-state index contributed by atoms with van der Waals surface area (Å²) in [5.74, 6) is 5.93. The summed E-state index contributed by atoms with van der Waals surface area (Å²) in [7, 11) is 0. The Morgan fingerprint density at radius 3 is 2.58 bits per heavy atom. The third kappa shape index (κ3) is 2.91. The third-order valence-corrected chi connectivity index (χ3v) is 2.69. The van der Waals surface area contributed by atoms with Crippen LogP contribution in [0.5, 0.6) is 0 Å². The molecule has 1 rings (SSSR count). The van der Waals surface area contributed by atoms with Crippen molar-refractivity contribution >= 4 is 6.29 Å². The van der Waals surface area contributed by atoms with Crippen molar-refractivity contribution in [2.75, 3.05) is 0 Å². The van der Waals surface area contributed by atoms with Gasteiger partial charge in [-0.1, -0.05) is 32.1 Å². The van der Waals surface area contributed by atoms with Crippen LogP contribution in [0.25, 0.3) is 0 Å². The molecule has 1 unspecified atom stereocenters. The Bertz CT molecular complexity index is 132. The summed E-state index contributed by atoms with van der Waals surface area (Å²) in [4.78, 5) is 10.5. The molecule has 0 aromatic heterocycles. The van der Waals surface area contributed by atoms with Crippen LogP contribution >= 0.6 is 0 Å². The molecule has 0 heterocycles. The van der Waals surface area contributed by atoms with Crippen LogP contribution < -0.4 is 11.3 Å². The Hall–Kier alpha value is -0.410. The predicted octanol–water partition coefficient (Wildman–Crippen LogP) is 0.988. The molecule has 0 spiro atoms. The van der Waals surface area contributed by atoms with E-state index in [-0.39, 0.29) is 6.04 Å². The lowest BCUT2D eigenvalue weighted by Gasteiger charge is -2.23. The number of rotatable bonds is 4. The standard InChI is InChI=1S/C9H18N2O/c10-11-9(7-12)6-8-4-2-1-3-5-8/h7-9,11H,1-6,10H2. The molecular weight excluding hydrogens is 152 g/mol. The summed E-state index contributed by atoms with van der Waals surface area (Å²) < 4.78 is 0. The number of hydrogen-bond acceptors (Lipinski definition) is 3. The number of aldehydes is 1. The largest absolute Gasteiger partial charge is 0.302 e. The second-order valence-electron chi connectivity index (χ2n) is 3.65. The number of hydrazine groups is 1. The molecule has 0 aromatic carbocycles. The van der Waals surface area contributed by atoms with Crippen molar-refractivity contribution in [1.29, 1.82) is 0 Å². The van der Waals surface area contributed by atoms with E-state index < -0.39 is 0 Å². The summed E-state index contributed by atoms with van der Waals surface area (Å²) in [5, 5.41) is 0. The van der Waals surface area contributed by atoms with Crippen LogP contribution in [0.2, 0.25) is 0 Å². The molecule has 0 amide bonds. The first kappa shape index (κ1) is 9.68. The van der Waals surface area contributed by atoms with Gasteiger partial charge in [-0.3, -0.25) is 11.3 Å². The molecule has 0 bridgehead atoms. The number of hydrogen-bond donors (Lipinski definition) is 2. The van der Waals surface area contributed by atoms with Gasteiger partial charge >= 0.3 is 0 Å². The lowest BCUT2D eigenvalue weighted by Crippen LogP contribution is -2.38. The fourth-order valence-corrected chi connectivity index (χ4v) is 1.94. The van der Waals surface area contributed by atoms with Crippen LogP contribution in [-0.4, -0.2) is 12.3 Å². The Morgan fingerprint density at radius 2 is 2.08 bits per heavy atom. The number of nitrogens with two attached hydrogens (primary N) is 1. The minimum absolute atomic E-state index is 0.131. The van der Waals surface area contributed by atoms with E-state index in [0.29, 0.717) is 5.92 Å². The van der Waals surface area contributed by atoms with Gasteiger partial charge in [-0.25, -0.2) is 0 Å². The maximum Gasteiger partial charge on any atom is 0.138 e. The molecule has 0 radical (unpaired) electrons. The van der Waals surface area contributed by atoms with Crippen LogP contribution in [0.4, 0.5) is 0 Å². The maximum absolute atomic E-state index is 10.5. The van der Waals surface area contributed by atoms with Crippen LogP contribution in [0.1, 0.15) is 38.5 Å². The summed E-state index contributed by atoms with van der Waals surface area (Å²) in [6.07, 6.45) is 8.37. The second-order valence-corrected chi connectivity index (χ2v) is 3.65. The zero-order valence-electron chi connectivity index (χ0n) is 7.46. The van der Waals surface area contributed by atoms with Crippen molar-refractivity contribution in [3.63, 3.8) is 0 Å². The van der Waals surface area contributed by atoms with Gasteiger partial charge < -0.3 is 4.79 Å². The normalized spacial score (nSPS) is 22.1. The summed E-state index contributed by atoms with van der Waals surface area (Å²) >= 11 is 0. The maximum atomic E-state index is 10.5. The summed E-state index contributed by atoms with van der Waals surface area (Å²) in [6.45, 7) is 0. The number of carbonyl (C=O) groups is 1. The van der Waals surface area contributed by atoms with E-state index >= 15 is 0 Å². The molecule has 1 atom stereocenters. The number of carbonyl (C=O) groups excluding carboxylic acids is 1. The number of nitrogens with one attached hydrogen (secondary N) is 1. The van der Waals surface area contributed by atoms with Gasteiger partial charge in [0.05, 0.1) is 6.04 Å². The summed E-state index contributed by atoms with van der Waals surface area (Å²) in [5.41, 5.74) is 2.53. The minimum Gasteiger partial charge on any atom is -0.302 e. The van der Waals surface area contributed by atoms with E-state index in [1.807, 2.05) is 0 Å². The van der Waals surface area contributed by atoms with Crippen LogP contribution in [0.3, 0.4) is 0 Å². The highest BCUT2D eigenvalue weighted by atomic mass is 16.1. The molecule has 0 aromatic rings. The SMILES string of the molecule is NNC(C=O)CC1CCCCC1. The van der Waals surface area contributed by atoms with Crippen molar-refractivity contribution in [3.05, 3.63) is 0 Å². The van der Waals surface area contributed by atoms with Crippen molar-refractivity contribution in [1.82, 2.24) is 5.43 Å². The fraction of sp³-hybridized carbons (Fsp3) is 0.889. The predicted molar refractivity (Wildman–Crippen MR) is 48.4 cm³/mol. The zero-order chi connectivity index (χ0) is 8.81. The van der Waals surface area contributed by atoms with Gasteiger partial charge in [-0.05, 0) is 12.3 Å². The first-order valence-corrected chi connectivity index (χ1v) is 4.78. The molecule has 0 saturated heterocycles. The molecule has 70 valence electrons. The molecule has 1 aliphatic rings. The van der Waals surface area contributed by atoms with Gasteiger partial charge in [-0.2, -0.15) is 0 Å². The van der Waals surface area contributed by atoms with Crippen LogP contribution in [0, 0.1) is 5.92 Å². The van der Waals surface area contributed by atoms with E-state index in [1.165, 1.54) is 32.1 Å². The van der Waals surface area contributed by atoms with E-state index in [1.54, 1.807) is 0 Å². The second kappa shape index (κ2) is 5.27. The Labute approximate surface area is 73.7 Å². The highest BCUT2D eigenvalue weighted by molar-refractivity contribution is 5.57. The monoisotopic (exact) mass is 170 g/mol. The summed E-state index contributed by atoms with van der Waals surface area (Å²) in [6, 6.07) is -0.131. The van der Waals surface area contributed by atoms with Crippen molar-refractivity contribution in [3.8, 4) is 0 Å². The highest BCUT2D eigenvalue weighted by Crippen LogP contribution is 2.26. The van der Waals surface area contributed by atoms with Gasteiger partial charge in [0.1, 0.15) is 6.29 Å². The topological polar surface area (TPSA) is 55.1 Å². The average molecular weight is 170 g/mol. The van der Waals surface area contributed by atoms with Gasteiger partial charge in [0.2, 0.25) is 0 Å². The fourth-order valence-electron chi connectivity index (χ4n) is 1.94. The third-order valence-electron chi connectivity index (χ3n) is 2.69. The first-order chi connectivity index (χ1) is 5.86. The first-order valence-electron chi connectivity index (χ1n) is 4.78. The molecule has 3 heteroatoms. The molecule has 3 N–H and O–H groups in total. The lowest BCUT2D eigenvalue weighted by molar-refractivity contribution is -0.110. The smallest absolute Gasteiger partial charge is 0.138 e. The van der Waals surface area contributed by atoms with E-state index in [9.17, 15) is 4.79 Å². The van der Waals surface area contributed by atoms with E-state index in [2.05, 4.69) is 5.43 Å². The Balaban J connectivity index is 2.22. The molecular formula is C9H18N2O. The minimum atomic E-state index is -0.131. The molecule has 1 saturated carbocycles. The molecule has 1 fully saturated rings. The zero-order valence-corrected chi connectivity index (χ0v) is 7.46. The van der Waals surface area contributed by atoms with Gasteiger partial charge in [0.25, 0.3) is 0 Å².